The van der Waals surface area contributed by atoms with E-state index in [1.807, 2.05) is 60.7 Å². The van der Waals surface area contributed by atoms with Crippen LogP contribution >= 0.6 is 0 Å². The third kappa shape index (κ3) is 3.91. The van der Waals surface area contributed by atoms with Crippen LogP contribution in [0.25, 0.3) is 0 Å². The molecule has 3 rings (SSSR count). The maximum Gasteiger partial charge on any atom is 2.00 e. The van der Waals surface area contributed by atoms with E-state index in [-0.39, 0.29) is 23.1 Å². The second-order valence-corrected chi connectivity index (χ2v) is 3.55. The molecule has 0 saturated heterocycles. The van der Waals surface area contributed by atoms with Gasteiger partial charge in [0.15, 0.2) is 0 Å². The van der Waals surface area contributed by atoms with E-state index in [0.29, 0.717) is 6.54 Å². The van der Waals surface area contributed by atoms with Gasteiger partial charge in [-0.2, -0.15) is 30.3 Å². The molecular weight excluding hydrogens is 268 g/mol. The summed E-state index contributed by atoms with van der Waals surface area (Å²) in [6.07, 6.45) is 3.70. The molecule has 0 aliphatic carbocycles. The van der Waals surface area contributed by atoms with Crippen molar-refractivity contribution in [2.24, 2.45) is 0 Å². The Morgan fingerprint density at radius 2 is 1.83 bits per heavy atom. The molecule has 94 valence electrons. The number of carbonyl (C=O) groups is 1. The first-order valence-corrected chi connectivity index (χ1v) is 5.50. The van der Waals surface area contributed by atoms with Crippen LogP contribution in [0.4, 0.5) is 10.5 Å². The summed E-state index contributed by atoms with van der Waals surface area (Å²) >= 11 is 0. The molecule has 0 radical (unpaired) electrons. The number of amides is 2. The van der Waals surface area contributed by atoms with Gasteiger partial charge in [-0.15, -0.1) is 12.1 Å². The van der Waals surface area contributed by atoms with Crippen molar-refractivity contribution in [2.75, 3.05) is 11.4 Å². The Kier molecular flexibility index (Phi) is 5.98. The minimum Gasteiger partial charge on any atom is -0.367 e. The largest absolute Gasteiger partial charge is 2.00 e. The monoisotopic (exact) mass is 282 g/mol. The zero-order valence-corrected chi connectivity index (χ0v) is 10.9. The molecule has 4 heteroatoms. The molecule has 1 N–H and O–H groups in total. The van der Waals surface area contributed by atoms with E-state index >= 15 is 0 Å². The summed E-state index contributed by atoms with van der Waals surface area (Å²) in [5.41, 5.74) is 0.906. The Hall–Kier alpha value is -1.77. The van der Waals surface area contributed by atoms with Crippen LogP contribution in [-0.2, 0) is 17.1 Å². The van der Waals surface area contributed by atoms with Crippen molar-refractivity contribution in [3.05, 3.63) is 66.9 Å². The van der Waals surface area contributed by atoms with Gasteiger partial charge in [0, 0.05) is 6.54 Å². The van der Waals surface area contributed by atoms with Crippen LogP contribution in [0.3, 0.4) is 0 Å². The number of hydrogen-bond acceptors (Lipinski definition) is 1. The Morgan fingerprint density at radius 1 is 1.17 bits per heavy atom. The number of hydrogen-bond donors (Lipinski definition) is 1. The minimum absolute atomic E-state index is 0. The van der Waals surface area contributed by atoms with Gasteiger partial charge in [-0.25, -0.2) is 12.1 Å². The predicted octanol–water partition coefficient (Wildman–Crippen LogP) is 2.85. The van der Waals surface area contributed by atoms with Gasteiger partial charge in [0.05, 0.1) is 0 Å². The average molecular weight is 282 g/mol. The smallest absolute Gasteiger partial charge is 0.367 e. The van der Waals surface area contributed by atoms with Gasteiger partial charge in [0.2, 0.25) is 0 Å². The van der Waals surface area contributed by atoms with Gasteiger partial charge in [-0.3, -0.25) is 4.79 Å². The summed E-state index contributed by atoms with van der Waals surface area (Å²) in [4.78, 5) is 12.8. The van der Waals surface area contributed by atoms with Crippen LogP contribution in [0.15, 0.2) is 66.9 Å². The van der Waals surface area contributed by atoms with Gasteiger partial charge < -0.3 is 10.2 Å². The van der Waals surface area contributed by atoms with Crippen LogP contribution in [0.2, 0.25) is 0 Å². The average Bonchev–Trinajstić information content (AvgIpc) is 3.06. The molecule has 1 heterocycles. The molecule has 18 heavy (non-hydrogen) atoms. The van der Waals surface area contributed by atoms with Crippen LogP contribution < -0.4 is 10.2 Å². The summed E-state index contributed by atoms with van der Waals surface area (Å²) in [6, 6.07) is 17.5. The maximum atomic E-state index is 11.3. The number of anilines is 1. The Labute approximate surface area is 117 Å². The van der Waals surface area contributed by atoms with Crippen LogP contribution in [0.1, 0.15) is 0 Å². The van der Waals surface area contributed by atoms with Gasteiger partial charge >= 0.3 is 17.1 Å². The second kappa shape index (κ2) is 7.54. The molecule has 1 aliphatic heterocycles. The van der Waals surface area contributed by atoms with Crippen molar-refractivity contribution in [3.63, 3.8) is 0 Å². The summed E-state index contributed by atoms with van der Waals surface area (Å²) in [6.45, 7) is 0.621. The van der Waals surface area contributed by atoms with Crippen molar-refractivity contribution < 1.29 is 21.9 Å². The van der Waals surface area contributed by atoms with Gasteiger partial charge in [0.25, 0.3) is 6.03 Å². The fraction of sp³-hybridized carbons (Fsp3) is 0.0714. The third-order valence-corrected chi connectivity index (χ3v) is 2.32. The maximum absolute atomic E-state index is 11.3. The SMILES string of the molecule is O=C1NCC=CN1[c-]1cccc1.[Fe+2].c1cc[cH-]c1. The van der Waals surface area contributed by atoms with Gasteiger partial charge in [-0.05, 0) is 5.69 Å². The van der Waals surface area contributed by atoms with E-state index in [9.17, 15) is 4.79 Å². The molecule has 0 atom stereocenters. The van der Waals surface area contributed by atoms with Gasteiger partial charge in [-0.1, -0.05) is 12.3 Å². The van der Waals surface area contributed by atoms with Crippen molar-refractivity contribution in [1.29, 1.82) is 0 Å². The number of rotatable bonds is 1. The molecule has 3 nitrogen and oxygen atoms in total. The van der Waals surface area contributed by atoms with Gasteiger partial charge in [0.1, 0.15) is 0 Å². The molecule has 0 aromatic heterocycles. The van der Waals surface area contributed by atoms with E-state index in [4.69, 9.17) is 0 Å². The first-order chi connectivity index (χ1) is 8.38. The van der Waals surface area contributed by atoms with Crippen LogP contribution in [0, 0.1) is 0 Å². The topological polar surface area (TPSA) is 32.3 Å². The van der Waals surface area contributed by atoms with Crippen LogP contribution in [-0.4, -0.2) is 12.6 Å². The second-order valence-electron chi connectivity index (χ2n) is 3.55. The molecule has 1 aliphatic rings. The summed E-state index contributed by atoms with van der Waals surface area (Å²) in [7, 11) is 0. The predicted molar refractivity (Wildman–Crippen MR) is 69.1 cm³/mol. The molecule has 0 fully saturated rings. The fourth-order valence-corrected chi connectivity index (χ4v) is 1.51. The van der Waals surface area contributed by atoms with Crippen molar-refractivity contribution in [2.45, 2.75) is 0 Å². The first-order valence-electron chi connectivity index (χ1n) is 5.50. The summed E-state index contributed by atoms with van der Waals surface area (Å²) in [5, 5.41) is 2.72. The van der Waals surface area contributed by atoms with Crippen molar-refractivity contribution in [3.8, 4) is 0 Å². The van der Waals surface area contributed by atoms with E-state index in [0.717, 1.165) is 5.69 Å². The molecular formula is C14H14FeN2O. The quantitative estimate of drug-likeness (QED) is 0.633. The van der Waals surface area contributed by atoms with E-state index in [2.05, 4.69) is 5.32 Å². The Balaban J connectivity index is 0.000000230. The van der Waals surface area contributed by atoms with Crippen LogP contribution in [0.5, 0.6) is 0 Å². The molecule has 0 unspecified atom stereocenters. The number of nitrogens with one attached hydrogen (secondary N) is 1. The summed E-state index contributed by atoms with van der Waals surface area (Å²) < 4.78 is 0. The zero-order valence-electron chi connectivity index (χ0n) is 9.77. The molecule has 2 aromatic rings. The standard InChI is InChI=1S/C9H9N2O.C5H5.Fe/c12-9-10-6-3-7-11(9)8-4-1-2-5-8;1-2-4-5-3-1;/h1-5,7H,6H2,(H,10,12);1-5H;/q2*-1;+2. The fourth-order valence-electron chi connectivity index (χ4n) is 1.51. The zero-order chi connectivity index (χ0) is 11.9. The minimum atomic E-state index is -0.0660. The first kappa shape index (κ1) is 14.3. The molecule has 2 aromatic carbocycles. The number of nitrogens with zero attached hydrogens (tertiary/aromatic N) is 1. The number of carbonyl (C=O) groups excluding carboxylic acids is 1. The van der Waals surface area contributed by atoms with E-state index in [1.165, 1.54) is 0 Å². The Bertz CT molecular complexity index is 443. The van der Waals surface area contributed by atoms with E-state index in [1.54, 1.807) is 11.1 Å². The number of urea groups is 1. The normalized spacial score (nSPS) is 13.1. The molecule has 2 amide bonds. The third-order valence-electron chi connectivity index (χ3n) is 2.32. The molecule has 0 saturated carbocycles. The van der Waals surface area contributed by atoms with E-state index < -0.39 is 0 Å². The Morgan fingerprint density at radius 3 is 2.33 bits per heavy atom. The summed E-state index contributed by atoms with van der Waals surface area (Å²) in [5.74, 6) is 0. The molecule has 0 spiro atoms. The van der Waals surface area contributed by atoms with Crippen molar-refractivity contribution >= 4 is 11.7 Å². The molecule has 0 bridgehead atoms. The van der Waals surface area contributed by atoms with Crippen molar-refractivity contribution in [1.82, 2.24) is 5.32 Å².